The van der Waals surface area contributed by atoms with Gasteiger partial charge in [-0.3, -0.25) is 4.79 Å². The van der Waals surface area contributed by atoms with E-state index in [-0.39, 0.29) is 30.8 Å². The molecule has 2 rings (SSSR count). The van der Waals surface area contributed by atoms with Gasteiger partial charge in [0, 0.05) is 17.9 Å². The third-order valence-electron chi connectivity index (χ3n) is 2.94. The van der Waals surface area contributed by atoms with Crippen molar-refractivity contribution in [1.82, 2.24) is 0 Å². The van der Waals surface area contributed by atoms with Crippen LogP contribution in [0.1, 0.15) is 24.4 Å². The summed E-state index contributed by atoms with van der Waals surface area (Å²) in [5.74, 6) is -0.294. The van der Waals surface area contributed by atoms with Gasteiger partial charge in [0.05, 0.1) is 0 Å². The van der Waals surface area contributed by atoms with E-state index in [1.807, 2.05) is 0 Å². The number of carboxylic acid groups (broad SMARTS) is 1. The Morgan fingerprint density at radius 3 is 2.79 bits per heavy atom. The van der Waals surface area contributed by atoms with Crippen LogP contribution in [-0.2, 0) is 4.79 Å². The van der Waals surface area contributed by atoms with E-state index < -0.39 is 19.1 Å². The lowest BCUT2D eigenvalue weighted by Gasteiger charge is -2.17. The van der Waals surface area contributed by atoms with Crippen molar-refractivity contribution in [3.05, 3.63) is 17.7 Å². The van der Waals surface area contributed by atoms with Gasteiger partial charge >= 0.3 is 13.1 Å². The van der Waals surface area contributed by atoms with E-state index in [2.05, 4.69) is 0 Å². The van der Waals surface area contributed by atoms with Gasteiger partial charge in [-0.25, -0.2) is 0 Å². The molecule has 1 unspecified atom stereocenters. The number of rotatable bonds is 5. The summed E-state index contributed by atoms with van der Waals surface area (Å²) < 4.78 is 10.3. The minimum atomic E-state index is -1.76. The maximum atomic E-state index is 10.5. The Morgan fingerprint density at radius 1 is 1.42 bits per heavy atom. The van der Waals surface area contributed by atoms with E-state index in [0.717, 1.165) is 0 Å². The fourth-order valence-electron chi connectivity index (χ4n) is 2.03. The summed E-state index contributed by atoms with van der Waals surface area (Å²) >= 11 is 0. The first kappa shape index (κ1) is 13.7. The lowest BCUT2D eigenvalue weighted by Crippen LogP contribution is -2.36. The van der Waals surface area contributed by atoms with Gasteiger partial charge in [0.1, 0.15) is 0 Å². The maximum absolute atomic E-state index is 10.5. The third kappa shape index (κ3) is 2.81. The van der Waals surface area contributed by atoms with Crippen molar-refractivity contribution < 1.29 is 29.4 Å². The van der Waals surface area contributed by atoms with Crippen LogP contribution < -0.4 is 20.7 Å². The zero-order valence-electron chi connectivity index (χ0n) is 10.1. The Balaban J connectivity index is 2.32. The molecule has 0 fully saturated rings. The highest BCUT2D eigenvalue weighted by Gasteiger charge is 2.30. The highest BCUT2D eigenvalue weighted by atomic mass is 16.7. The number of nitrogens with two attached hydrogens (primary N) is 1. The SMILES string of the molecule is NC(CCC(=O)O)c1ccc2c(c1B(O)O)OCO2. The predicted molar refractivity (Wildman–Crippen MR) is 66.2 cm³/mol. The lowest BCUT2D eigenvalue weighted by molar-refractivity contribution is -0.137. The summed E-state index contributed by atoms with van der Waals surface area (Å²) in [6, 6.07) is 2.58. The first-order valence-electron chi connectivity index (χ1n) is 5.76. The Kier molecular flexibility index (Phi) is 3.94. The summed E-state index contributed by atoms with van der Waals surface area (Å²) in [5.41, 5.74) is 6.47. The Labute approximate surface area is 109 Å². The molecule has 1 aromatic carbocycles. The van der Waals surface area contributed by atoms with E-state index in [0.29, 0.717) is 11.3 Å². The van der Waals surface area contributed by atoms with Crippen LogP contribution in [0, 0.1) is 0 Å². The maximum Gasteiger partial charge on any atom is 0.492 e. The number of hydrogen-bond donors (Lipinski definition) is 4. The molecule has 0 saturated carbocycles. The number of hydrogen-bond acceptors (Lipinski definition) is 6. The Hall–Kier alpha value is -1.77. The molecular weight excluding hydrogens is 253 g/mol. The summed E-state index contributed by atoms with van der Waals surface area (Å²) in [6.45, 7) is 0.00285. The monoisotopic (exact) mass is 267 g/mol. The molecule has 1 atom stereocenters. The second kappa shape index (κ2) is 5.47. The average Bonchev–Trinajstić information content (AvgIpc) is 2.82. The molecule has 102 valence electrons. The molecule has 19 heavy (non-hydrogen) atoms. The van der Waals surface area contributed by atoms with E-state index >= 15 is 0 Å². The number of aliphatic carboxylic acids is 1. The number of ether oxygens (including phenoxy) is 2. The smallest absolute Gasteiger partial charge is 0.481 e. The summed E-state index contributed by atoms with van der Waals surface area (Å²) in [4.78, 5) is 10.5. The van der Waals surface area contributed by atoms with Gasteiger partial charge in [0.25, 0.3) is 0 Å². The molecule has 0 saturated heterocycles. The highest BCUT2D eigenvalue weighted by Crippen LogP contribution is 2.33. The first-order chi connectivity index (χ1) is 9.00. The molecule has 8 heteroatoms. The predicted octanol–water partition coefficient (Wildman–Crippen LogP) is -1.04. The Bertz CT molecular complexity index is 492. The quantitative estimate of drug-likeness (QED) is 0.502. The molecule has 1 heterocycles. The largest absolute Gasteiger partial charge is 0.492 e. The second-order valence-corrected chi connectivity index (χ2v) is 4.21. The summed E-state index contributed by atoms with van der Waals surface area (Å²) in [5, 5.41) is 27.5. The van der Waals surface area contributed by atoms with Gasteiger partial charge in [-0.15, -0.1) is 0 Å². The van der Waals surface area contributed by atoms with Crippen LogP contribution in [0.4, 0.5) is 0 Å². The molecule has 0 amide bonds. The minimum Gasteiger partial charge on any atom is -0.481 e. The van der Waals surface area contributed by atoms with Crippen LogP contribution in [0.5, 0.6) is 11.5 Å². The lowest BCUT2D eigenvalue weighted by atomic mass is 9.74. The molecule has 0 aromatic heterocycles. The van der Waals surface area contributed by atoms with Gasteiger partial charge in [-0.05, 0) is 18.1 Å². The summed E-state index contributed by atoms with van der Waals surface area (Å²) in [7, 11) is -1.76. The fourth-order valence-corrected chi connectivity index (χ4v) is 2.03. The normalized spacial score (nSPS) is 14.3. The zero-order valence-corrected chi connectivity index (χ0v) is 10.1. The van der Waals surface area contributed by atoms with Crippen molar-refractivity contribution >= 4 is 18.6 Å². The van der Waals surface area contributed by atoms with Crippen molar-refractivity contribution in [3.63, 3.8) is 0 Å². The molecule has 7 nitrogen and oxygen atoms in total. The van der Waals surface area contributed by atoms with E-state index in [1.165, 1.54) is 0 Å². The van der Waals surface area contributed by atoms with Gasteiger partial charge in [0.15, 0.2) is 11.5 Å². The van der Waals surface area contributed by atoms with Crippen molar-refractivity contribution in [2.75, 3.05) is 6.79 Å². The third-order valence-corrected chi connectivity index (χ3v) is 2.94. The molecular formula is C11H14BNO6. The van der Waals surface area contributed by atoms with E-state index in [1.54, 1.807) is 12.1 Å². The topological polar surface area (TPSA) is 122 Å². The summed E-state index contributed by atoms with van der Waals surface area (Å²) in [6.07, 6.45) is 0.0886. The van der Waals surface area contributed by atoms with Gasteiger partial charge < -0.3 is 30.4 Å². The van der Waals surface area contributed by atoms with Crippen LogP contribution in [0.2, 0.25) is 0 Å². The highest BCUT2D eigenvalue weighted by molar-refractivity contribution is 6.60. The van der Waals surface area contributed by atoms with Crippen LogP contribution >= 0.6 is 0 Å². The van der Waals surface area contributed by atoms with Crippen molar-refractivity contribution in [1.29, 1.82) is 0 Å². The molecule has 1 aliphatic heterocycles. The molecule has 5 N–H and O–H groups in total. The molecule has 0 aliphatic carbocycles. The molecule has 0 bridgehead atoms. The van der Waals surface area contributed by atoms with Gasteiger partial charge in [0.2, 0.25) is 6.79 Å². The Morgan fingerprint density at radius 2 is 2.16 bits per heavy atom. The molecule has 1 aromatic rings. The number of fused-ring (bicyclic) bond motifs is 1. The van der Waals surface area contributed by atoms with E-state index in [9.17, 15) is 14.8 Å². The number of carboxylic acids is 1. The fraction of sp³-hybridized carbons (Fsp3) is 0.364. The van der Waals surface area contributed by atoms with Crippen molar-refractivity contribution in [2.45, 2.75) is 18.9 Å². The first-order valence-corrected chi connectivity index (χ1v) is 5.76. The van der Waals surface area contributed by atoms with Gasteiger partial charge in [-0.1, -0.05) is 6.07 Å². The van der Waals surface area contributed by atoms with Crippen LogP contribution in [-0.4, -0.2) is 35.0 Å². The van der Waals surface area contributed by atoms with Crippen molar-refractivity contribution in [2.24, 2.45) is 5.73 Å². The van der Waals surface area contributed by atoms with Crippen LogP contribution in [0.15, 0.2) is 12.1 Å². The van der Waals surface area contributed by atoms with Crippen LogP contribution in [0.3, 0.4) is 0 Å². The van der Waals surface area contributed by atoms with E-state index in [4.69, 9.17) is 20.3 Å². The average molecular weight is 267 g/mol. The zero-order chi connectivity index (χ0) is 14.0. The standard InChI is InChI=1S/C11H14BNO6/c13-7(2-4-9(14)15)6-1-3-8-11(19-5-18-8)10(6)12(16)17/h1,3,7,16-17H,2,4-5,13H2,(H,14,15). The molecule has 1 aliphatic rings. The molecule has 0 radical (unpaired) electrons. The van der Waals surface area contributed by atoms with Crippen molar-refractivity contribution in [3.8, 4) is 11.5 Å². The second-order valence-electron chi connectivity index (χ2n) is 4.21. The molecule has 0 spiro atoms. The van der Waals surface area contributed by atoms with Crippen LogP contribution in [0.25, 0.3) is 0 Å². The van der Waals surface area contributed by atoms with Gasteiger partial charge in [-0.2, -0.15) is 0 Å². The number of carbonyl (C=O) groups is 1. The minimum absolute atomic E-state index is 0.00285. The number of benzene rings is 1.